The van der Waals surface area contributed by atoms with Crippen LogP contribution in [0, 0.1) is 0 Å². The number of methoxy groups -OCH3 is 4. The zero-order chi connectivity index (χ0) is 25.3. The van der Waals surface area contributed by atoms with Crippen molar-refractivity contribution in [3.63, 3.8) is 0 Å². The number of hydrogen-bond donors (Lipinski definition) is 0. The number of nitrogens with zero attached hydrogens (tertiary/aromatic N) is 1. The van der Waals surface area contributed by atoms with Gasteiger partial charge in [0, 0.05) is 12.6 Å². The Kier molecular flexibility index (Phi) is 6.88. The molecule has 0 aromatic heterocycles. The Morgan fingerprint density at radius 3 is 1.94 bits per heavy atom. The van der Waals surface area contributed by atoms with Gasteiger partial charge in [0.1, 0.15) is 5.60 Å². The molecule has 1 amide bonds. The first-order chi connectivity index (χ1) is 16.7. The molecular formula is C28H35NO6. The molecule has 3 aromatic rings. The van der Waals surface area contributed by atoms with Gasteiger partial charge in [-0.3, -0.25) is 0 Å². The van der Waals surface area contributed by atoms with Gasteiger partial charge in [-0.05, 0) is 91.4 Å². The molecule has 0 radical (unpaired) electrons. The third-order valence-electron chi connectivity index (χ3n) is 6.51. The number of fused-ring (bicyclic) bond motifs is 3. The van der Waals surface area contributed by atoms with E-state index in [-0.39, 0.29) is 12.1 Å². The third-order valence-corrected chi connectivity index (χ3v) is 6.51. The van der Waals surface area contributed by atoms with Gasteiger partial charge in [-0.25, -0.2) is 4.79 Å². The molecule has 7 heteroatoms. The Bertz CT molecular complexity index is 1250. The smallest absolute Gasteiger partial charge is 0.410 e. The summed E-state index contributed by atoms with van der Waals surface area (Å²) in [7, 11) is 6.54. The maximum Gasteiger partial charge on any atom is 0.410 e. The predicted octanol–water partition coefficient (Wildman–Crippen LogP) is 5.97. The van der Waals surface area contributed by atoms with Crippen LogP contribution in [0.15, 0.2) is 30.3 Å². The van der Waals surface area contributed by atoms with E-state index in [1.807, 2.05) is 49.9 Å². The van der Waals surface area contributed by atoms with Gasteiger partial charge in [-0.1, -0.05) is 6.07 Å². The Hall–Kier alpha value is -3.35. The fourth-order valence-electron chi connectivity index (χ4n) is 4.91. The predicted molar refractivity (Wildman–Crippen MR) is 137 cm³/mol. The van der Waals surface area contributed by atoms with Gasteiger partial charge in [-0.15, -0.1) is 0 Å². The lowest BCUT2D eigenvalue weighted by molar-refractivity contribution is 0.0227. The second-order valence-corrected chi connectivity index (χ2v) is 9.89. The zero-order valence-electron chi connectivity index (χ0n) is 21.7. The number of amides is 1. The van der Waals surface area contributed by atoms with Crippen LogP contribution in [-0.4, -0.2) is 57.6 Å². The maximum atomic E-state index is 12.9. The monoisotopic (exact) mass is 481 g/mol. The van der Waals surface area contributed by atoms with Crippen molar-refractivity contribution in [2.75, 3.05) is 35.0 Å². The lowest BCUT2D eigenvalue weighted by Crippen LogP contribution is -2.40. The highest BCUT2D eigenvalue weighted by Crippen LogP contribution is 2.42. The molecule has 1 atom stereocenters. The highest BCUT2D eigenvalue weighted by molar-refractivity contribution is 6.11. The van der Waals surface area contributed by atoms with Crippen LogP contribution in [-0.2, 0) is 11.2 Å². The number of likely N-dealkylation sites (tertiary alicyclic amines) is 1. The number of carbonyl (C=O) groups excluding carboxylic acids is 1. The van der Waals surface area contributed by atoms with Gasteiger partial charge in [0.15, 0.2) is 23.0 Å². The van der Waals surface area contributed by atoms with E-state index in [2.05, 4.69) is 6.07 Å². The van der Waals surface area contributed by atoms with Crippen molar-refractivity contribution in [1.82, 2.24) is 4.90 Å². The summed E-state index contributed by atoms with van der Waals surface area (Å²) in [5, 5.41) is 4.13. The summed E-state index contributed by atoms with van der Waals surface area (Å²) in [6, 6.07) is 10.2. The van der Waals surface area contributed by atoms with Crippen LogP contribution >= 0.6 is 0 Å². The number of benzene rings is 3. The standard InChI is InChI=1S/C28H35NO6/c1-28(2,3)35-27(30)29-10-8-9-19(29)12-17-11-18-13-23(31-4)24(32-5)15-21(18)22-16-26(34-7)25(33-6)14-20(17)22/h11,13-16,19H,8-10,12H2,1-7H3/t19-/m0/s1. The van der Waals surface area contributed by atoms with E-state index in [4.69, 9.17) is 23.7 Å². The minimum Gasteiger partial charge on any atom is -0.493 e. The van der Waals surface area contributed by atoms with Crippen molar-refractivity contribution in [1.29, 1.82) is 0 Å². The normalized spacial score (nSPS) is 16.0. The van der Waals surface area contributed by atoms with Crippen LogP contribution in [0.5, 0.6) is 23.0 Å². The van der Waals surface area contributed by atoms with Crippen LogP contribution in [0.4, 0.5) is 4.79 Å². The van der Waals surface area contributed by atoms with Crippen LogP contribution in [0.2, 0.25) is 0 Å². The Morgan fingerprint density at radius 1 is 0.829 bits per heavy atom. The van der Waals surface area contributed by atoms with Gasteiger partial charge < -0.3 is 28.6 Å². The summed E-state index contributed by atoms with van der Waals surface area (Å²) in [5.41, 5.74) is 0.598. The van der Waals surface area contributed by atoms with Crippen molar-refractivity contribution in [3.05, 3.63) is 35.9 Å². The van der Waals surface area contributed by atoms with E-state index in [0.717, 1.165) is 39.9 Å². The van der Waals surface area contributed by atoms with Crippen molar-refractivity contribution in [2.45, 2.75) is 51.7 Å². The molecule has 0 unspecified atom stereocenters. The summed E-state index contributed by atoms with van der Waals surface area (Å²) in [4.78, 5) is 14.8. The summed E-state index contributed by atoms with van der Waals surface area (Å²) in [6.07, 6.45) is 2.33. The molecule has 35 heavy (non-hydrogen) atoms. The molecule has 0 saturated carbocycles. The molecule has 0 spiro atoms. The quantitative estimate of drug-likeness (QED) is 0.404. The molecular weight excluding hydrogens is 446 g/mol. The van der Waals surface area contributed by atoms with E-state index in [0.29, 0.717) is 36.0 Å². The third kappa shape index (κ3) is 4.90. The van der Waals surface area contributed by atoms with E-state index in [9.17, 15) is 4.79 Å². The average Bonchev–Trinajstić information content (AvgIpc) is 3.29. The van der Waals surface area contributed by atoms with E-state index in [1.165, 1.54) is 0 Å². The van der Waals surface area contributed by atoms with E-state index in [1.54, 1.807) is 28.4 Å². The van der Waals surface area contributed by atoms with Crippen LogP contribution < -0.4 is 18.9 Å². The van der Waals surface area contributed by atoms with E-state index >= 15 is 0 Å². The second-order valence-electron chi connectivity index (χ2n) is 9.89. The van der Waals surface area contributed by atoms with Gasteiger partial charge in [-0.2, -0.15) is 0 Å². The molecule has 7 nitrogen and oxygen atoms in total. The molecule has 1 aliphatic rings. The van der Waals surface area contributed by atoms with Gasteiger partial charge in [0.05, 0.1) is 28.4 Å². The molecule has 0 bridgehead atoms. The molecule has 1 aliphatic heterocycles. The molecule has 1 saturated heterocycles. The summed E-state index contributed by atoms with van der Waals surface area (Å²) < 4.78 is 28.1. The lowest BCUT2D eigenvalue weighted by Gasteiger charge is -2.29. The first kappa shape index (κ1) is 24.8. The fourth-order valence-corrected chi connectivity index (χ4v) is 4.91. The van der Waals surface area contributed by atoms with E-state index < -0.39 is 5.60 Å². The first-order valence-corrected chi connectivity index (χ1v) is 11.9. The summed E-state index contributed by atoms with van der Waals surface area (Å²) in [5.74, 6) is 2.65. The van der Waals surface area contributed by atoms with Gasteiger partial charge in [0.2, 0.25) is 0 Å². The van der Waals surface area contributed by atoms with Crippen molar-refractivity contribution in [3.8, 4) is 23.0 Å². The number of carbonyl (C=O) groups is 1. The van der Waals surface area contributed by atoms with Gasteiger partial charge >= 0.3 is 6.09 Å². The number of rotatable bonds is 6. The Morgan fingerprint density at radius 2 is 1.37 bits per heavy atom. The zero-order valence-corrected chi connectivity index (χ0v) is 21.7. The van der Waals surface area contributed by atoms with Crippen molar-refractivity contribution >= 4 is 27.6 Å². The topological polar surface area (TPSA) is 66.5 Å². The minimum absolute atomic E-state index is 0.0544. The summed E-state index contributed by atoms with van der Waals surface area (Å²) >= 11 is 0. The molecule has 0 aliphatic carbocycles. The maximum absolute atomic E-state index is 12.9. The van der Waals surface area contributed by atoms with Gasteiger partial charge in [0.25, 0.3) is 0 Å². The summed E-state index contributed by atoms with van der Waals surface area (Å²) in [6.45, 7) is 6.39. The van der Waals surface area contributed by atoms with Crippen molar-refractivity contribution < 1.29 is 28.5 Å². The fraction of sp³-hybridized carbons (Fsp3) is 0.464. The highest BCUT2D eigenvalue weighted by Gasteiger charge is 2.32. The molecule has 0 N–H and O–H groups in total. The molecule has 3 aromatic carbocycles. The number of hydrogen-bond acceptors (Lipinski definition) is 6. The minimum atomic E-state index is -0.528. The lowest BCUT2D eigenvalue weighted by atomic mass is 9.92. The Balaban J connectivity index is 1.86. The Labute approximate surface area is 206 Å². The van der Waals surface area contributed by atoms with Crippen LogP contribution in [0.1, 0.15) is 39.2 Å². The highest BCUT2D eigenvalue weighted by atomic mass is 16.6. The van der Waals surface area contributed by atoms with Crippen LogP contribution in [0.3, 0.4) is 0 Å². The van der Waals surface area contributed by atoms with Crippen LogP contribution in [0.25, 0.3) is 21.5 Å². The SMILES string of the molecule is COc1cc2cc(C[C@@H]3CCCN3C(=O)OC(C)(C)C)c3cc(OC)c(OC)cc3c2cc1OC. The molecule has 4 rings (SSSR count). The number of ether oxygens (including phenoxy) is 5. The molecule has 188 valence electrons. The second kappa shape index (κ2) is 9.72. The first-order valence-electron chi connectivity index (χ1n) is 11.9. The van der Waals surface area contributed by atoms with Crippen molar-refractivity contribution in [2.24, 2.45) is 0 Å². The largest absolute Gasteiger partial charge is 0.493 e. The molecule has 1 heterocycles. The average molecular weight is 482 g/mol. The molecule has 1 fully saturated rings.